The molecule has 0 aromatic carbocycles. The van der Waals surface area contributed by atoms with Crippen LogP contribution in [-0.2, 0) is 4.74 Å². The van der Waals surface area contributed by atoms with Crippen LogP contribution in [0.1, 0.15) is 39.0 Å². The maximum Gasteiger partial charge on any atom is 0.0599 e. The van der Waals surface area contributed by atoms with Crippen molar-refractivity contribution in [1.82, 2.24) is 9.80 Å². The van der Waals surface area contributed by atoms with Crippen molar-refractivity contribution in [2.45, 2.75) is 57.2 Å². The number of hydrogen-bond acceptors (Lipinski definition) is 4. The fourth-order valence-electron chi connectivity index (χ4n) is 3.34. The van der Waals surface area contributed by atoms with E-state index in [1.54, 1.807) is 0 Å². The van der Waals surface area contributed by atoms with Crippen molar-refractivity contribution in [2.75, 3.05) is 39.8 Å². The average Bonchev–Trinajstić information content (AvgIpc) is 2.43. The summed E-state index contributed by atoms with van der Waals surface area (Å²) in [6, 6.07) is 1.54. The van der Waals surface area contributed by atoms with E-state index >= 15 is 0 Å². The van der Waals surface area contributed by atoms with Gasteiger partial charge < -0.3 is 20.3 Å². The molecular weight excluding hydrogens is 238 g/mol. The largest absolute Gasteiger partial charge is 0.378 e. The summed E-state index contributed by atoms with van der Waals surface area (Å²) < 4.78 is 5.88. The molecule has 4 heteroatoms. The Morgan fingerprint density at radius 2 is 1.89 bits per heavy atom. The lowest BCUT2D eigenvalue weighted by Crippen LogP contribution is -2.50. The topological polar surface area (TPSA) is 41.7 Å². The first kappa shape index (κ1) is 15.2. The first-order chi connectivity index (χ1) is 9.20. The van der Waals surface area contributed by atoms with Crippen LogP contribution in [-0.4, -0.2) is 67.8 Å². The molecule has 2 atom stereocenters. The molecule has 0 aromatic rings. The van der Waals surface area contributed by atoms with Crippen molar-refractivity contribution >= 4 is 0 Å². The molecule has 0 spiro atoms. The van der Waals surface area contributed by atoms with Gasteiger partial charge in [-0.1, -0.05) is 0 Å². The minimum absolute atomic E-state index is 0.478. The predicted molar refractivity (Wildman–Crippen MR) is 79.3 cm³/mol. The molecule has 19 heavy (non-hydrogen) atoms. The third-order valence-electron chi connectivity index (χ3n) is 4.88. The fraction of sp³-hybridized carbons (Fsp3) is 1.00. The minimum atomic E-state index is 0.478. The number of nitrogens with zero attached hydrogens (tertiary/aromatic N) is 2. The second kappa shape index (κ2) is 7.58. The van der Waals surface area contributed by atoms with Crippen molar-refractivity contribution in [3.05, 3.63) is 0 Å². The average molecular weight is 269 g/mol. The van der Waals surface area contributed by atoms with E-state index in [1.165, 1.54) is 45.3 Å². The van der Waals surface area contributed by atoms with Crippen LogP contribution < -0.4 is 5.73 Å². The predicted octanol–water partition coefficient (Wildman–Crippen LogP) is 1.30. The van der Waals surface area contributed by atoms with Gasteiger partial charge in [0.05, 0.1) is 6.10 Å². The van der Waals surface area contributed by atoms with Crippen LogP contribution in [0.15, 0.2) is 0 Å². The van der Waals surface area contributed by atoms with E-state index in [1.807, 2.05) is 0 Å². The lowest BCUT2D eigenvalue weighted by molar-refractivity contribution is -0.0129. The molecule has 2 fully saturated rings. The third-order valence-corrected chi connectivity index (χ3v) is 4.88. The number of nitrogens with two attached hydrogens (primary N) is 1. The molecule has 0 saturated carbocycles. The molecule has 0 bridgehead atoms. The molecule has 2 unspecified atom stereocenters. The van der Waals surface area contributed by atoms with Gasteiger partial charge in [0.2, 0.25) is 0 Å². The SMILES string of the molecule is CC1CC(N2CCC(OCCCN)CC2)CCN1C. The Morgan fingerprint density at radius 3 is 2.53 bits per heavy atom. The van der Waals surface area contributed by atoms with Gasteiger partial charge in [-0.05, 0) is 59.2 Å². The lowest BCUT2D eigenvalue weighted by Gasteiger charge is -2.43. The van der Waals surface area contributed by atoms with Crippen molar-refractivity contribution in [1.29, 1.82) is 0 Å². The van der Waals surface area contributed by atoms with Crippen molar-refractivity contribution in [3.63, 3.8) is 0 Å². The summed E-state index contributed by atoms with van der Waals surface area (Å²) in [6.45, 7) is 7.62. The first-order valence-electron chi connectivity index (χ1n) is 7.96. The summed E-state index contributed by atoms with van der Waals surface area (Å²) in [6.07, 6.45) is 6.53. The molecule has 2 aliphatic heterocycles. The van der Waals surface area contributed by atoms with Crippen LogP contribution >= 0.6 is 0 Å². The monoisotopic (exact) mass is 269 g/mol. The number of piperidine rings is 2. The van der Waals surface area contributed by atoms with Crippen LogP contribution in [0.2, 0.25) is 0 Å². The smallest absolute Gasteiger partial charge is 0.0599 e. The number of likely N-dealkylation sites (tertiary alicyclic amines) is 2. The Morgan fingerprint density at radius 1 is 1.16 bits per heavy atom. The normalized spacial score (nSPS) is 31.7. The summed E-state index contributed by atoms with van der Waals surface area (Å²) in [4.78, 5) is 5.19. The maximum atomic E-state index is 5.88. The zero-order valence-corrected chi connectivity index (χ0v) is 12.7. The summed E-state index contributed by atoms with van der Waals surface area (Å²) in [5.74, 6) is 0. The Labute approximate surface area is 118 Å². The minimum Gasteiger partial charge on any atom is -0.378 e. The molecule has 112 valence electrons. The van der Waals surface area contributed by atoms with Gasteiger partial charge in [-0.3, -0.25) is 0 Å². The molecule has 2 aliphatic rings. The summed E-state index contributed by atoms with van der Waals surface area (Å²) >= 11 is 0. The standard InChI is InChI=1S/C15H31N3O/c1-13-12-14(4-8-17(13)2)18-9-5-15(6-10-18)19-11-3-7-16/h13-15H,3-12,16H2,1-2H3. The Balaban J connectivity index is 1.68. The quantitative estimate of drug-likeness (QED) is 0.764. The van der Waals surface area contributed by atoms with Gasteiger partial charge in [0.15, 0.2) is 0 Å². The number of hydrogen-bond donors (Lipinski definition) is 1. The van der Waals surface area contributed by atoms with Crippen LogP contribution in [0, 0.1) is 0 Å². The Hall–Kier alpha value is -0.160. The van der Waals surface area contributed by atoms with E-state index in [4.69, 9.17) is 10.5 Å². The summed E-state index contributed by atoms with van der Waals surface area (Å²) in [7, 11) is 2.25. The fourth-order valence-corrected chi connectivity index (χ4v) is 3.34. The van der Waals surface area contributed by atoms with E-state index in [-0.39, 0.29) is 0 Å². The second-order valence-electron chi connectivity index (χ2n) is 6.26. The van der Waals surface area contributed by atoms with Crippen LogP contribution in [0.4, 0.5) is 0 Å². The van der Waals surface area contributed by atoms with E-state index in [2.05, 4.69) is 23.8 Å². The zero-order chi connectivity index (χ0) is 13.7. The summed E-state index contributed by atoms with van der Waals surface area (Å²) in [5, 5.41) is 0. The summed E-state index contributed by atoms with van der Waals surface area (Å²) in [5.41, 5.74) is 5.50. The van der Waals surface area contributed by atoms with Gasteiger partial charge in [-0.2, -0.15) is 0 Å². The maximum absolute atomic E-state index is 5.88. The van der Waals surface area contributed by atoms with Crippen LogP contribution in [0.25, 0.3) is 0 Å². The van der Waals surface area contributed by atoms with Crippen LogP contribution in [0.5, 0.6) is 0 Å². The lowest BCUT2D eigenvalue weighted by atomic mass is 9.95. The van der Waals surface area contributed by atoms with Crippen molar-refractivity contribution in [3.8, 4) is 0 Å². The molecular formula is C15H31N3O. The van der Waals surface area contributed by atoms with E-state index in [9.17, 15) is 0 Å². The molecule has 2 N–H and O–H groups in total. The highest BCUT2D eigenvalue weighted by Gasteiger charge is 2.30. The van der Waals surface area contributed by atoms with Gasteiger partial charge >= 0.3 is 0 Å². The van der Waals surface area contributed by atoms with E-state index in [0.717, 1.165) is 31.7 Å². The first-order valence-corrected chi connectivity index (χ1v) is 7.96. The van der Waals surface area contributed by atoms with Gasteiger partial charge in [0, 0.05) is 31.8 Å². The van der Waals surface area contributed by atoms with Crippen LogP contribution in [0.3, 0.4) is 0 Å². The van der Waals surface area contributed by atoms with E-state index in [0.29, 0.717) is 6.10 Å². The van der Waals surface area contributed by atoms with Crippen molar-refractivity contribution in [2.24, 2.45) is 5.73 Å². The number of rotatable bonds is 5. The molecule has 4 nitrogen and oxygen atoms in total. The highest BCUT2D eigenvalue weighted by atomic mass is 16.5. The number of ether oxygens (including phenoxy) is 1. The highest BCUT2D eigenvalue weighted by Crippen LogP contribution is 2.24. The Kier molecular flexibility index (Phi) is 6.07. The molecule has 0 aromatic heterocycles. The molecule has 0 aliphatic carbocycles. The molecule has 0 amide bonds. The van der Waals surface area contributed by atoms with Gasteiger partial charge in [0.25, 0.3) is 0 Å². The second-order valence-corrected chi connectivity index (χ2v) is 6.26. The zero-order valence-electron chi connectivity index (χ0n) is 12.7. The van der Waals surface area contributed by atoms with Gasteiger partial charge in [0.1, 0.15) is 0 Å². The third kappa shape index (κ3) is 4.42. The van der Waals surface area contributed by atoms with Gasteiger partial charge in [-0.15, -0.1) is 0 Å². The van der Waals surface area contributed by atoms with Gasteiger partial charge in [-0.25, -0.2) is 0 Å². The van der Waals surface area contributed by atoms with E-state index < -0.39 is 0 Å². The Bertz CT molecular complexity index is 254. The molecule has 2 heterocycles. The molecule has 0 radical (unpaired) electrons. The molecule has 2 saturated heterocycles. The van der Waals surface area contributed by atoms with Crippen molar-refractivity contribution < 1.29 is 4.74 Å². The highest BCUT2D eigenvalue weighted by molar-refractivity contribution is 4.86. The molecule has 2 rings (SSSR count).